The molecule has 56 heavy (non-hydrogen) atoms. The fourth-order valence-corrected chi connectivity index (χ4v) is 12.5. The highest BCUT2D eigenvalue weighted by atomic mass is 32.2. The van der Waals surface area contributed by atoms with Gasteiger partial charge in [0.2, 0.25) is 6.79 Å². The molecule has 7 heterocycles. The number of carbonyl (C=O) groups excluding carboxylic acids is 2. The number of phenols is 2. The van der Waals surface area contributed by atoms with E-state index in [-0.39, 0.29) is 48.2 Å². The number of rotatable bonds is 3. The number of nitrogens with one attached hydrogen (secondary N) is 1. The monoisotopic (exact) mass is 786 g/mol. The third-order valence-electron chi connectivity index (χ3n) is 12.6. The first-order chi connectivity index (χ1) is 26.9. The molecule has 3 N–H and O–H groups in total. The number of piperazine rings is 1. The highest BCUT2D eigenvalue weighted by Gasteiger charge is 2.63. The Bertz CT molecular complexity index is 2310. The van der Waals surface area contributed by atoms with Crippen LogP contribution in [0, 0.1) is 25.2 Å². The van der Waals surface area contributed by atoms with Crippen LogP contribution in [0.2, 0.25) is 0 Å². The van der Waals surface area contributed by atoms with Gasteiger partial charge >= 0.3 is 11.9 Å². The molecule has 0 amide bonds. The van der Waals surface area contributed by atoms with Crippen LogP contribution in [0.15, 0.2) is 18.2 Å². The van der Waals surface area contributed by atoms with Crippen molar-refractivity contribution in [2.75, 3.05) is 47.0 Å². The van der Waals surface area contributed by atoms with Crippen molar-refractivity contribution in [2.24, 2.45) is 0 Å². The molecule has 4 bridgehead atoms. The number of aromatic hydroxyl groups is 2. The lowest BCUT2D eigenvalue weighted by Gasteiger charge is -2.61. The van der Waals surface area contributed by atoms with Crippen molar-refractivity contribution in [2.45, 2.75) is 74.6 Å². The Balaban J connectivity index is 1.36. The number of benzene rings is 3. The summed E-state index contributed by atoms with van der Waals surface area (Å²) in [6.45, 7) is 4.79. The van der Waals surface area contributed by atoms with Crippen LogP contribution in [-0.4, -0.2) is 101 Å². The topological polar surface area (TPSA) is 189 Å². The van der Waals surface area contributed by atoms with Crippen LogP contribution < -0.4 is 29.0 Å². The van der Waals surface area contributed by atoms with Crippen molar-refractivity contribution in [3.8, 4) is 46.3 Å². The zero-order chi connectivity index (χ0) is 39.5. The summed E-state index contributed by atoms with van der Waals surface area (Å²) in [5.74, 6) is -0.469. The van der Waals surface area contributed by atoms with Crippen LogP contribution in [0.5, 0.6) is 40.2 Å². The summed E-state index contributed by atoms with van der Waals surface area (Å²) >= 11 is 0. The van der Waals surface area contributed by atoms with E-state index in [1.54, 1.807) is 19.1 Å². The second-order valence-corrected chi connectivity index (χ2v) is 16.9. The maximum Gasteiger partial charge on any atom is 0.332 e. The van der Waals surface area contributed by atoms with Crippen molar-refractivity contribution in [3.63, 3.8) is 0 Å². The van der Waals surface area contributed by atoms with Gasteiger partial charge in [-0.25, -0.2) is 4.79 Å². The molecule has 2 fully saturated rings. The van der Waals surface area contributed by atoms with E-state index in [1.807, 2.05) is 24.9 Å². The second-order valence-electron chi connectivity index (χ2n) is 15.3. The van der Waals surface area contributed by atoms with Crippen LogP contribution in [0.25, 0.3) is 0 Å². The number of nitrogens with zero attached hydrogens (tertiary/aromatic N) is 3. The maximum absolute atomic E-state index is 16.0. The van der Waals surface area contributed by atoms with Gasteiger partial charge in [-0.3, -0.25) is 24.1 Å². The van der Waals surface area contributed by atoms with E-state index in [9.17, 15) is 25.1 Å². The number of hydrogen-bond donors (Lipinski definition) is 3. The molecule has 2 unspecified atom stereocenters. The number of carbonyl (C=O) groups is 2. The molecule has 0 saturated carbocycles. The quantitative estimate of drug-likeness (QED) is 0.259. The van der Waals surface area contributed by atoms with Gasteiger partial charge in [0.05, 0.1) is 49.4 Å². The molecule has 3 aromatic carbocycles. The lowest BCUT2D eigenvalue weighted by atomic mass is 9.71. The van der Waals surface area contributed by atoms with Gasteiger partial charge in [-0.1, -0.05) is 6.07 Å². The van der Waals surface area contributed by atoms with Gasteiger partial charge in [0.15, 0.2) is 40.0 Å². The minimum absolute atomic E-state index is 0.0492. The van der Waals surface area contributed by atoms with Gasteiger partial charge < -0.3 is 38.6 Å². The van der Waals surface area contributed by atoms with E-state index in [2.05, 4.69) is 16.3 Å². The highest BCUT2D eigenvalue weighted by Crippen LogP contribution is 2.63. The first kappa shape index (κ1) is 36.6. The summed E-state index contributed by atoms with van der Waals surface area (Å²) in [6, 6.07) is 4.10. The van der Waals surface area contributed by atoms with Crippen molar-refractivity contribution in [1.82, 2.24) is 15.1 Å². The molecule has 15 nitrogen and oxygen atoms in total. The van der Waals surface area contributed by atoms with Crippen LogP contribution >= 0.6 is 0 Å². The first-order valence-electron chi connectivity index (χ1n) is 18.5. The third-order valence-corrected chi connectivity index (χ3v) is 14.4. The smallest absolute Gasteiger partial charge is 0.332 e. The molecule has 10 rings (SSSR count). The summed E-state index contributed by atoms with van der Waals surface area (Å²) < 4.78 is 51.8. The zero-order valence-electron chi connectivity index (χ0n) is 31.8. The Morgan fingerprint density at radius 2 is 1.82 bits per heavy atom. The molecule has 7 aliphatic heterocycles. The molecule has 0 aliphatic carbocycles. The summed E-state index contributed by atoms with van der Waals surface area (Å²) in [4.78, 5) is 31.8. The SMILES string of the molecule is COc1cc2c(cc1O)CCN[C@]21CS(=O)[C@@H]2c3c(OC(C)=O)c(C)c4c(c3[C@H](COC1=O)N1[C@@H]2[C@H]2c3c(cc(C)c(OC)c3O)CC([C@@H]1C#N)N2C)OCO4. The number of phenolic OH excluding ortho intramolecular Hbond substituents is 2. The van der Waals surface area contributed by atoms with Gasteiger partial charge in [0.25, 0.3) is 0 Å². The van der Waals surface area contributed by atoms with Gasteiger partial charge in [-0.2, -0.15) is 5.26 Å². The number of fused-ring (bicyclic) bond motifs is 9. The predicted molar refractivity (Wildman–Crippen MR) is 199 cm³/mol. The number of likely N-dealkylation sites (N-methyl/N-ethyl adjacent to an activating group) is 1. The average molecular weight is 787 g/mol. The van der Waals surface area contributed by atoms with E-state index in [0.717, 1.165) is 11.1 Å². The molecule has 0 aromatic heterocycles. The summed E-state index contributed by atoms with van der Waals surface area (Å²) in [6.07, 6.45) is 0.882. The Labute approximate surface area is 325 Å². The first-order valence-corrected chi connectivity index (χ1v) is 19.9. The molecule has 3 aromatic rings. The molecular weight excluding hydrogens is 745 g/mol. The fraction of sp³-hybridized carbons (Fsp3) is 0.475. The largest absolute Gasteiger partial charge is 0.504 e. The van der Waals surface area contributed by atoms with Crippen molar-refractivity contribution in [1.29, 1.82) is 5.26 Å². The number of esters is 2. The Morgan fingerprint density at radius 1 is 1.05 bits per heavy atom. The van der Waals surface area contributed by atoms with Crippen LogP contribution in [-0.2, 0) is 43.5 Å². The van der Waals surface area contributed by atoms with E-state index in [1.165, 1.54) is 21.1 Å². The number of aryl methyl sites for hydroxylation is 1. The molecule has 294 valence electrons. The zero-order valence-corrected chi connectivity index (χ0v) is 32.6. The van der Waals surface area contributed by atoms with Crippen LogP contribution in [0.3, 0.4) is 0 Å². The van der Waals surface area contributed by atoms with E-state index in [0.29, 0.717) is 70.0 Å². The van der Waals surface area contributed by atoms with Gasteiger partial charge in [0, 0.05) is 52.6 Å². The molecule has 8 atom stereocenters. The molecule has 0 radical (unpaired) electrons. The third kappa shape index (κ3) is 4.87. The van der Waals surface area contributed by atoms with Crippen LogP contribution in [0.4, 0.5) is 0 Å². The van der Waals surface area contributed by atoms with Crippen molar-refractivity contribution < 1.29 is 52.4 Å². The average Bonchev–Trinajstić information content (AvgIpc) is 3.65. The molecule has 16 heteroatoms. The predicted octanol–water partition coefficient (Wildman–Crippen LogP) is 3.00. The lowest BCUT2D eigenvalue weighted by Crippen LogP contribution is -2.70. The maximum atomic E-state index is 16.0. The second kappa shape index (κ2) is 13.0. The van der Waals surface area contributed by atoms with E-state index in [4.69, 9.17) is 28.4 Å². The van der Waals surface area contributed by atoms with Crippen molar-refractivity contribution >= 4 is 22.7 Å². The lowest BCUT2D eigenvalue weighted by molar-refractivity contribution is -0.157. The normalized spacial score (nSPS) is 29.9. The molecule has 1 spiro atoms. The molecule has 7 aliphatic rings. The van der Waals surface area contributed by atoms with E-state index >= 15 is 4.21 Å². The Kier molecular flexibility index (Phi) is 8.48. The molecular formula is C40H42N4O11S. The number of nitriles is 1. The van der Waals surface area contributed by atoms with Gasteiger partial charge in [-0.15, -0.1) is 0 Å². The van der Waals surface area contributed by atoms with E-state index < -0.39 is 57.7 Å². The Morgan fingerprint density at radius 3 is 2.54 bits per heavy atom. The van der Waals surface area contributed by atoms with Crippen LogP contribution in [0.1, 0.15) is 68.8 Å². The number of methoxy groups -OCH3 is 2. The number of hydrogen-bond acceptors (Lipinski definition) is 15. The van der Waals surface area contributed by atoms with Crippen molar-refractivity contribution in [3.05, 3.63) is 62.7 Å². The molecule has 2 saturated heterocycles. The Hall–Kier alpha value is -5.08. The fourth-order valence-electron chi connectivity index (χ4n) is 10.4. The minimum atomic E-state index is -2.06. The summed E-state index contributed by atoms with van der Waals surface area (Å²) in [5.41, 5.74) is 2.99. The van der Waals surface area contributed by atoms with Gasteiger partial charge in [0.1, 0.15) is 18.4 Å². The van der Waals surface area contributed by atoms with Gasteiger partial charge in [-0.05, 0) is 68.1 Å². The number of ether oxygens (including phenoxy) is 6. The standard InChI is InChI=1S/C40H42N4O11S/c1-17-9-21-10-23-24(13-41)44-25-14-52-39(48)40(22-12-27(50-5)26(46)11-20(22)7-8-42-40)15-56(49)38(32(44)31(43(23)4)28(21)33(47)34(17)51-6)30-29(25)37-36(53-16-54-37)18(2)35(30)55-19(3)45/h9,11-12,23-25,31-32,38,42,46-47H,7-8,10,14-16H2,1-6H3/t23?,24-,25-,31+,32+,38+,40+,56?/m0/s1. The highest BCUT2D eigenvalue weighted by molar-refractivity contribution is 7.85. The summed E-state index contributed by atoms with van der Waals surface area (Å²) in [7, 11) is 2.75. The summed E-state index contributed by atoms with van der Waals surface area (Å²) in [5, 5.41) is 36.2. The minimum Gasteiger partial charge on any atom is -0.504 e.